The number of anilines is 1. The summed E-state index contributed by atoms with van der Waals surface area (Å²) in [6.07, 6.45) is 4.17. The zero-order valence-corrected chi connectivity index (χ0v) is 10.3. The number of hydrogen-bond acceptors (Lipinski definition) is 4. The Morgan fingerprint density at radius 3 is 2.83 bits per heavy atom. The van der Waals surface area contributed by atoms with Crippen molar-refractivity contribution < 1.29 is 9.72 Å². The van der Waals surface area contributed by atoms with Gasteiger partial charge in [-0.25, -0.2) is 0 Å². The number of nitro groups is 1. The Balaban J connectivity index is 2.14. The van der Waals surface area contributed by atoms with Gasteiger partial charge in [-0.3, -0.25) is 14.9 Å². The van der Waals surface area contributed by atoms with Gasteiger partial charge in [0.05, 0.1) is 4.92 Å². The van der Waals surface area contributed by atoms with Gasteiger partial charge < -0.3 is 5.32 Å². The second kappa shape index (κ2) is 5.16. The van der Waals surface area contributed by atoms with E-state index >= 15 is 0 Å². The van der Waals surface area contributed by atoms with Gasteiger partial charge in [0.15, 0.2) is 0 Å². The van der Waals surface area contributed by atoms with Crippen LogP contribution in [0.25, 0.3) is 0 Å². The van der Waals surface area contributed by atoms with E-state index in [-0.39, 0.29) is 11.7 Å². The quantitative estimate of drug-likeness (QED) is 0.477. The van der Waals surface area contributed by atoms with E-state index in [0.717, 1.165) is 12.3 Å². The molecule has 5 nitrogen and oxygen atoms in total. The Hall–Kier alpha value is -1.91. The van der Waals surface area contributed by atoms with Gasteiger partial charge in [0, 0.05) is 17.7 Å². The normalized spacial score (nSPS) is 16.1. The summed E-state index contributed by atoms with van der Waals surface area (Å²) in [5.74, 6) is 0.765. The molecule has 1 saturated carbocycles. The fraction of sp³-hybridized carbons (Fsp3) is 0.462. The van der Waals surface area contributed by atoms with Crippen LogP contribution in [0.5, 0.6) is 0 Å². The van der Waals surface area contributed by atoms with E-state index in [1.165, 1.54) is 18.9 Å². The predicted molar refractivity (Wildman–Crippen MR) is 68.9 cm³/mol. The lowest BCUT2D eigenvalue weighted by atomic mass is 10.1. The first-order chi connectivity index (χ1) is 8.60. The first-order valence-electron chi connectivity index (χ1n) is 6.10. The molecule has 0 spiro atoms. The zero-order chi connectivity index (χ0) is 13.1. The van der Waals surface area contributed by atoms with Crippen molar-refractivity contribution in [2.45, 2.75) is 32.2 Å². The van der Waals surface area contributed by atoms with E-state index in [2.05, 4.69) is 5.32 Å². The monoisotopic (exact) mass is 248 g/mol. The van der Waals surface area contributed by atoms with Crippen molar-refractivity contribution in [1.29, 1.82) is 0 Å². The van der Waals surface area contributed by atoms with Gasteiger partial charge in [0.1, 0.15) is 12.0 Å². The van der Waals surface area contributed by atoms with Crippen LogP contribution in [0, 0.1) is 16.0 Å². The van der Waals surface area contributed by atoms with Gasteiger partial charge in [0.25, 0.3) is 5.69 Å². The van der Waals surface area contributed by atoms with Gasteiger partial charge >= 0.3 is 0 Å². The number of nitrogens with one attached hydrogen (secondary N) is 1. The van der Waals surface area contributed by atoms with Crippen LogP contribution in [-0.4, -0.2) is 17.3 Å². The van der Waals surface area contributed by atoms with Gasteiger partial charge in [0.2, 0.25) is 0 Å². The summed E-state index contributed by atoms with van der Waals surface area (Å²) in [5, 5.41) is 14.1. The van der Waals surface area contributed by atoms with E-state index in [1.54, 1.807) is 12.1 Å². The minimum Gasteiger partial charge on any atom is -0.377 e. The molecular weight excluding hydrogens is 232 g/mol. The van der Waals surface area contributed by atoms with Crippen molar-refractivity contribution in [3.8, 4) is 0 Å². The largest absolute Gasteiger partial charge is 0.377 e. The summed E-state index contributed by atoms with van der Waals surface area (Å²) in [6.45, 7) is 2.02. The third kappa shape index (κ3) is 3.06. The van der Waals surface area contributed by atoms with Crippen LogP contribution >= 0.6 is 0 Å². The highest BCUT2D eigenvalue weighted by atomic mass is 16.6. The average Bonchev–Trinajstić information content (AvgIpc) is 3.13. The molecule has 1 aromatic carbocycles. The van der Waals surface area contributed by atoms with E-state index in [0.29, 0.717) is 17.5 Å². The number of nitrogens with zero attached hydrogens (tertiary/aromatic N) is 1. The maximum absolute atomic E-state index is 11.0. The molecule has 0 radical (unpaired) electrons. The summed E-state index contributed by atoms with van der Waals surface area (Å²) in [6, 6.07) is 4.70. The number of carbonyl (C=O) groups is 1. The highest BCUT2D eigenvalue weighted by molar-refractivity contribution is 5.79. The maximum atomic E-state index is 11.0. The molecule has 1 aliphatic carbocycles. The maximum Gasteiger partial charge on any atom is 0.293 e. The van der Waals surface area contributed by atoms with Crippen LogP contribution in [0.15, 0.2) is 18.2 Å². The third-order valence-corrected chi connectivity index (χ3v) is 3.14. The number of hydrogen-bond donors (Lipinski definition) is 1. The molecule has 96 valence electrons. The SMILES string of the molecule is CC(CC1CC1)Nc1ccc(C=O)cc1[N+](=O)[O-]. The van der Waals surface area contributed by atoms with Crippen molar-refractivity contribution in [2.24, 2.45) is 5.92 Å². The smallest absolute Gasteiger partial charge is 0.293 e. The van der Waals surface area contributed by atoms with Crippen molar-refractivity contribution in [1.82, 2.24) is 0 Å². The Kier molecular flexibility index (Phi) is 3.60. The Labute approximate surface area is 105 Å². The fourth-order valence-corrected chi connectivity index (χ4v) is 2.07. The van der Waals surface area contributed by atoms with Crippen molar-refractivity contribution in [2.75, 3.05) is 5.32 Å². The standard InChI is InChI=1S/C13H16N2O3/c1-9(6-10-2-3-10)14-12-5-4-11(8-16)7-13(12)15(17)18/h4-5,7-10,14H,2-3,6H2,1H3. The number of aldehydes is 1. The molecule has 1 aromatic rings. The second-order valence-electron chi connectivity index (χ2n) is 4.88. The molecule has 1 unspecified atom stereocenters. The summed E-state index contributed by atoms with van der Waals surface area (Å²) < 4.78 is 0. The summed E-state index contributed by atoms with van der Waals surface area (Å²) in [7, 11) is 0. The van der Waals surface area contributed by atoms with Crippen LogP contribution in [0.1, 0.15) is 36.5 Å². The Bertz CT molecular complexity index is 469. The van der Waals surface area contributed by atoms with Gasteiger partial charge in [-0.05, 0) is 31.4 Å². The van der Waals surface area contributed by atoms with Crippen LogP contribution in [-0.2, 0) is 0 Å². The van der Waals surface area contributed by atoms with Crippen molar-refractivity contribution in [3.63, 3.8) is 0 Å². The number of benzene rings is 1. The van der Waals surface area contributed by atoms with Crippen molar-refractivity contribution >= 4 is 17.7 Å². The molecule has 1 N–H and O–H groups in total. The average molecular weight is 248 g/mol. The molecule has 0 heterocycles. The lowest BCUT2D eigenvalue weighted by Gasteiger charge is -2.14. The molecule has 5 heteroatoms. The van der Waals surface area contributed by atoms with Gasteiger partial charge in [-0.15, -0.1) is 0 Å². The number of rotatable bonds is 6. The van der Waals surface area contributed by atoms with Crippen LogP contribution in [0.2, 0.25) is 0 Å². The predicted octanol–water partition coefficient (Wildman–Crippen LogP) is 3.01. The third-order valence-electron chi connectivity index (χ3n) is 3.14. The van der Waals surface area contributed by atoms with Crippen molar-refractivity contribution in [3.05, 3.63) is 33.9 Å². The molecule has 0 aromatic heterocycles. The molecule has 0 aliphatic heterocycles. The molecule has 1 aliphatic rings. The lowest BCUT2D eigenvalue weighted by Crippen LogP contribution is -2.16. The highest BCUT2D eigenvalue weighted by Crippen LogP contribution is 2.35. The summed E-state index contributed by atoms with van der Waals surface area (Å²) >= 11 is 0. The van der Waals surface area contributed by atoms with E-state index in [4.69, 9.17) is 0 Å². The van der Waals surface area contributed by atoms with Crippen LogP contribution < -0.4 is 5.32 Å². The first-order valence-corrected chi connectivity index (χ1v) is 6.10. The second-order valence-corrected chi connectivity index (χ2v) is 4.88. The van der Waals surface area contributed by atoms with E-state index in [1.807, 2.05) is 6.92 Å². The van der Waals surface area contributed by atoms with Crippen LogP contribution in [0.3, 0.4) is 0 Å². The van der Waals surface area contributed by atoms with Gasteiger partial charge in [-0.1, -0.05) is 12.8 Å². The van der Waals surface area contributed by atoms with E-state index in [9.17, 15) is 14.9 Å². The summed E-state index contributed by atoms with van der Waals surface area (Å²) in [4.78, 5) is 21.1. The van der Waals surface area contributed by atoms with Crippen LogP contribution in [0.4, 0.5) is 11.4 Å². The molecule has 1 atom stereocenters. The number of carbonyl (C=O) groups excluding carboxylic acids is 1. The highest BCUT2D eigenvalue weighted by Gasteiger charge is 2.24. The van der Waals surface area contributed by atoms with E-state index < -0.39 is 4.92 Å². The Morgan fingerprint density at radius 1 is 1.56 bits per heavy atom. The summed E-state index contributed by atoms with van der Waals surface area (Å²) in [5.41, 5.74) is 0.767. The molecule has 1 fully saturated rings. The number of nitro benzene ring substituents is 1. The topological polar surface area (TPSA) is 72.2 Å². The molecule has 0 bridgehead atoms. The molecule has 0 saturated heterocycles. The minimum absolute atomic E-state index is 0.0396. The molecule has 18 heavy (non-hydrogen) atoms. The zero-order valence-electron chi connectivity index (χ0n) is 10.3. The lowest BCUT2D eigenvalue weighted by molar-refractivity contribution is -0.384. The first kappa shape index (κ1) is 12.5. The molecule has 2 rings (SSSR count). The fourth-order valence-electron chi connectivity index (χ4n) is 2.07. The molecule has 0 amide bonds. The van der Waals surface area contributed by atoms with Gasteiger partial charge in [-0.2, -0.15) is 0 Å². The molecular formula is C13H16N2O3. The Morgan fingerprint density at radius 2 is 2.28 bits per heavy atom. The minimum atomic E-state index is -0.459.